The topological polar surface area (TPSA) is 6.48 Å². The fourth-order valence-corrected chi connectivity index (χ4v) is 5.14. The highest BCUT2D eigenvalue weighted by Gasteiger charge is 2.36. The second-order valence-corrected chi connectivity index (χ2v) is 8.74. The first-order valence-corrected chi connectivity index (χ1v) is 11.3. The van der Waals surface area contributed by atoms with Crippen molar-refractivity contribution in [3.05, 3.63) is 114 Å². The van der Waals surface area contributed by atoms with Gasteiger partial charge in [-0.1, -0.05) is 78.9 Å². The molecule has 1 atom stereocenters. The third-order valence-corrected chi connectivity index (χ3v) is 6.72. The standard InChI is InChI=1S/C30H26N2/c1-31-16-17-32-29-15-9-8-14-24(29)21-28(30(31)32)27-19-25(22-10-4-2-5-11-22)18-26(20-27)23-12-6-3-7-13-23/h2-15,18-21,30H,16-17H2,1H3. The molecule has 0 N–H and O–H groups in total. The van der Waals surface area contributed by atoms with Crippen molar-refractivity contribution in [1.29, 1.82) is 0 Å². The van der Waals surface area contributed by atoms with E-state index in [9.17, 15) is 0 Å². The van der Waals surface area contributed by atoms with Gasteiger partial charge in [-0.2, -0.15) is 0 Å². The van der Waals surface area contributed by atoms with Crippen LogP contribution in [0.1, 0.15) is 11.1 Å². The number of hydrogen-bond donors (Lipinski definition) is 0. The molecule has 1 saturated heterocycles. The average molecular weight is 415 g/mol. The first-order chi connectivity index (χ1) is 15.8. The Morgan fingerprint density at radius 1 is 0.594 bits per heavy atom. The smallest absolute Gasteiger partial charge is 0.109 e. The second-order valence-electron chi connectivity index (χ2n) is 8.74. The highest BCUT2D eigenvalue weighted by molar-refractivity contribution is 5.95. The first-order valence-electron chi connectivity index (χ1n) is 11.3. The van der Waals surface area contributed by atoms with Gasteiger partial charge in [-0.05, 0) is 76.3 Å². The van der Waals surface area contributed by atoms with E-state index in [4.69, 9.17) is 0 Å². The van der Waals surface area contributed by atoms with Crippen molar-refractivity contribution in [3.63, 3.8) is 0 Å². The molecule has 4 aromatic rings. The number of fused-ring (bicyclic) bond motifs is 3. The van der Waals surface area contributed by atoms with Crippen molar-refractivity contribution in [2.24, 2.45) is 0 Å². The average Bonchev–Trinajstić information content (AvgIpc) is 3.26. The predicted octanol–water partition coefficient (Wildman–Crippen LogP) is 6.65. The Labute approximate surface area is 190 Å². The minimum atomic E-state index is 0.263. The molecule has 2 aliphatic heterocycles. The van der Waals surface area contributed by atoms with Crippen LogP contribution < -0.4 is 4.90 Å². The maximum absolute atomic E-state index is 2.56. The van der Waals surface area contributed by atoms with Crippen LogP contribution in [0.3, 0.4) is 0 Å². The highest BCUT2D eigenvalue weighted by Crippen LogP contribution is 2.42. The zero-order chi connectivity index (χ0) is 21.5. The summed E-state index contributed by atoms with van der Waals surface area (Å²) in [5.74, 6) is 0. The van der Waals surface area contributed by atoms with Crippen molar-refractivity contribution < 1.29 is 0 Å². The molecule has 0 aromatic heterocycles. The number of hydrogen-bond acceptors (Lipinski definition) is 2. The maximum Gasteiger partial charge on any atom is 0.109 e. The predicted molar refractivity (Wildman–Crippen MR) is 135 cm³/mol. The Morgan fingerprint density at radius 3 is 1.81 bits per heavy atom. The fourth-order valence-electron chi connectivity index (χ4n) is 5.14. The number of anilines is 1. The number of benzene rings is 4. The lowest BCUT2D eigenvalue weighted by atomic mass is 9.89. The quantitative estimate of drug-likeness (QED) is 0.370. The molecule has 1 fully saturated rings. The SMILES string of the molecule is CN1CCN2c3ccccc3C=C(c3cc(-c4ccccc4)cc(-c4ccccc4)c3)C12. The van der Waals surface area contributed by atoms with Gasteiger partial charge in [0.05, 0.1) is 0 Å². The minimum absolute atomic E-state index is 0.263. The Morgan fingerprint density at radius 2 is 1.16 bits per heavy atom. The molecule has 32 heavy (non-hydrogen) atoms. The Balaban J connectivity index is 1.57. The fraction of sp³-hybridized carbons (Fsp3) is 0.133. The van der Waals surface area contributed by atoms with Crippen LogP contribution in [0.5, 0.6) is 0 Å². The van der Waals surface area contributed by atoms with Gasteiger partial charge in [-0.3, -0.25) is 4.90 Å². The van der Waals surface area contributed by atoms with Gasteiger partial charge in [0, 0.05) is 18.8 Å². The molecule has 6 rings (SSSR count). The van der Waals surface area contributed by atoms with Gasteiger partial charge in [0.15, 0.2) is 0 Å². The molecule has 0 aliphatic carbocycles. The molecule has 156 valence electrons. The number of para-hydroxylation sites is 1. The van der Waals surface area contributed by atoms with Crippen molar-refractivity contribution in [2.45, 2.75) is 6.17 Å². The van der Waals surface area contributed by atoms with E-state index >= 15 is 0 Å². The van der Waals surface area contributed by atoms with Crippen LogP contribution >= 0.6 is 0 Å². The van der Waals surface area contributed by atoms with Crippen LogP contribution in [0.15, 0.2) is 103 Å². The van der Waals surface area contributed by atoms with E-state index in [1.807, 2.05) is 0 Å². The molecule has 0 bridgehead atoms. The summed E-state index contributed by atoms with van der Waals surface area (Å²) in [6.45, 7) is 2.12. The molecule has 0 amide bonds. The monoisotopic (exact) mass is 414 g/mol. The first kappa shape index (κ1) is 19.1. The van der Waals surface area contributed by atoms with Crippen LogP contribution in [-0.2, 0) is 0 Å². The normalized spacial score (nSPS) is 17.6. The number of likely N-dealkylation sites (N-methyl/N-ethyl adjacent to an activating group) is 1. The Hall–Kier alpha value is -3.62. The molecule has 2 nitrogen and oxygen atoms in total. The van der Waals surface area contributed by atoms with Gasteiger partial charge < -0.3 is 4.90 Å². The molecule has 2 aliphatic rings. The van der Waals surface area contributed by atoms with Gasteiger partial charge in [0.2, 0.25) is 0 Å². The summed E-state index contributed by atoms with van der Waals surface area (Å²) in [4.78, 5) is 5.03. The van der Waals surface area contributed by atoms with Crippen molar-refractivity contribution in [3.8, 4) is 22.3 Å². The van der Waals surface area contributed by atoms with Crippen LogP contribution in [0.25, 0.3) is 33.9 Å². The van der Waals surface area contributed by atoms with Gasteiger partial charge in [-0.15, -0.1) is 0 Å². The highest BCUT2D eigenvalue weighted by atomic mass is 15.4. The second kappa shape index (κ2) is 7.81. The third-order valence-electron chi connectivity index (χ3n) is 6.72. The molecule has 4 aromatic carbocycles. The summed E-state index contributed by atoms with van der Waals surface area (Å²) >= 11 is 0. The summed E-state index contributed by atoms with van der Waals surface area (Å²) in [7, 11) is 2.24. The molecule has 0 radical (unpaired) electrons. The van der Waals surface area contributed by atoms with Crippen LogP contribution in [0.4, 0.5) is 5.69 Å². The van der Waals surface area contributed by atoms with E-state index in [0.717, 1.165) is 13.1 Å². The van der Waals surface area contributed by atoms with Crippen LogP contribution in [0, 0.1) is 0 Å². The van der Waals surface area contributed by atoms with E-state index in [1.54, 1.807) is 0 Å². The Kier molecular flexibility index (Phi) is 4.66. The van der Waals surface area contributed by atoms with E-state index in [0.29, 0.717) is 0 Å². The summed E-state index contributed by atoms with van der Waals surface area (Å²) in [6.07, 6.45) is 2.66. The van der Waals surface area contributed by atoms with E-state index in [2.05, 4.69) is 126 Å². The molecular formula is C30H26N2. The van der Waals surface area contributed by atoms with Crippen molar-refractivity contribution in [2.75, 3.05) is 25.0 Å². The van der Waals surface area contributed by atoms with E-state index < -0.39 is 0 Å². The third kappa shape index (κ3) is 3.24. The summed E-state index contributed by atoms with van der Waals surface area (Å²) in [5, 5.41) is 0. The van der Waals surface area contributed by atoms with Crippen molar-refractivity contribution in [1.82, 2.24) is 4.90 Å². The van der Waals surface area contributed by atoms with Gasteiger partial charge in [0.25, 0.3) is 0 Å². The molecule has 2 heterocycles. The number of rotatable bonds is 3. The summed E-state index contributed by atoms with van der Waals surface area (Å²) in [6, 6.07) is 37.3. The molecule has 0 saturated carbocycles. The van der Waals surface area contributed by atoms with E-state index in [-0.39, 0.29) is 6.17 Å². The Bertz CT molecular complexity index is 1230. The number of nitrogens with zero attached hydrogens (tertiary/aromatic N) is 2. The zero-order valence-corrected chi connectivity index (χ0v) is 18.3. The lowest BCUT2D eigenvalue weighted by Crippen LogP contribution is -2.39. The molecule has 1 unspecified atom stereocenters. The molecule has 0 spiro atoms. The summed E-state index contributed by atoms with van der Waals surface area (Å²) in [5.41, 5.74) is 10.3. The van der Waals surface area contributed by atoms with Gasteiger partial charge in [-0.25, -0.2) is 0 Å². The largest absolute Gasteiger partial charge is 0.350 e. The molecular weight excluding hydrogens is 388 g/mol. The lowest BCUT2D eigenvalue weighted by molar-refractivity contribution is 0.366. The maximum atomic E-state index is 2.56. The van der Waals surface area contributed by atoms with Crippen LogP contribution in [0.2, 0.25) is 0 Å². The van der Waals surface area contributed by atoms with Crippen molar-refractivity contribution >= 4 is 17.3 Å². The minimum Gasteiger partial charge on any atom is -0.350 e. The lowest BCUT2D eigenvalue weighted by Gasteiger charge is -2.36. The van der Waals surface area contributed by atoms with E-state index in [1.165, 1.54) is 44.6 Å². The summed E-state index contributed by atoms with van der Waals surface area (Å²) < 4.78 is 0. The van der Waals surface area contributed by atoms with Crippen LogP contribution in [-0.4, -0.2) is 31.2 Å². The van der Waals surface area contributed by atoms with Gasteiger partial charge in [0.1, 0.15) is 6.17 Å². The van der Waals surface area contributed by atoms with Gasteiger partial charge >= 0.3 is 0 Å². The molecule has 2 heteroatoms. The zero-order valence-electron chi connectivity index (χ0n) is 18.3.